The number of morpholine rings is 2. The van der Waals surface area contributed by atoms with Gasteiger partial charge in [0.05, 0.1) is 19.8 Å². The van der Waals surface area contributed by atoms with Crippen LogP contribution in [0, 0.1) is 0 Å². The molecule has 0 aliphatic carbocycles. The lowest BCUT2D eigenvalue weighted by molar-refractivity contribution is -0.134. The smallest absolute Gasteiger partial charge is 0.250 e. The molecule has 2 fully saturated rings. The van der Waals surface area contributed by atoms with E-state index in [1.165, 1.54) is 0 Å². The number of nitrogens with zero attached hydrogens (tertiary/aromatic N) is 1. The van der Waals surface area contributed by atoms with Crippen LogP contribution in [-0.2, 0) is 14.3 Å². The van der Waals surface area contributed by atoms with Gasteiger partial charge >= 0.3 is 0 Å². The van der Waals surface area contributed by atoms with Gasteiger partial charge in [-0.15, -0.1) is 24.8 Å². The number of hydrogen-bond acceptors (Lipinski definition) is 5. The van der Waals surface area contributed by atoms with Crippen LogP contribution >= 0.6 is 24.8 Å². The van der Waals surface area contributed by atoms with E-state index in [0.29, 0.717) is 19.7 Å². The van der Waals surface area contributed by atoms with Crippen LogP contribution in [0.3, 0.4) is 0 Å². The van der Waals surface area contributed by atoms with Gasteiger partial charge in [0.2, 0.25) is 0 Å². The number of nitrogens with one attached hydrogen (secondary N) is 2. The Kier molecular flexibility index (Phi) is 9.76. The Hall–Kier alpha value is -0.110. The molecular weight excluding hydrogens is 317 g/mol. The lowest BCUT2D eigenvalue weighted by atomic mass is 10.0. The molecule has 2 aliphatic rings. The Balaban J connectivity index is 0.00000200. The number of hydrogen-bond donors (Lipinski definition) is 2. The first kappa shape index (κ1) is 20.9. The molecule has 2 saturated heterocycles. The van der Waals surface area contributed by atoms with Gasteiger partial charge in [-0.2, -0.15) is 0 Å². The van der Waals surface area contributed by atoms with Gasteiger partial charge in [0.1, 0.15) is 6.10 Å². The number of rotatable bonds is 4. The van der Waals surface area contributed by atoms with Gasteiger partial charge in [0.15, 0.2) is 0 Å². The Bertz CT molecular complexity index is 313. The summed E-state index contributed by atoms with van der Waals surface area (Å²) in [5, 5.41) is 6.11. The molecule has 2 N–H and O–H groups in total. The van der Waals surface area contributed by atoms with Gasteiger partial charge in [-0.1, -0.05) is 0 Å². The molecule has 2 aliphatic heterocycles. The maximum absolute atomic E-state index is 11.9. The van der Waals surface area contributed by atoms with Crippen molar-refractivity contribution in [3.63, 3.8) is 0 Å². The minimum atomic E-state index is -0.341. The third-order valence-corrected chi connectivity index (χ3v) is 3.72. The van der Waals surface area contributed by atoms with E-state index >= 15 is 0 Å². The van der Waals surface area contributed by atoms with Gasteiger partial charge < -0.3 is 20.1 Å². The Labute approximate surface area is 139 Å². The fourth-order valence-corrected chi connectivity index (χ4v) is 2.47. The first-order valence-electron chi connectivity index (χ1n) is 7.02. The summed E-state index contributed by atoms with van der Waals surface area (Å²) in [5.41, 5.74) is 0.0475. The van der Waals surface area contributed by atoms with Crippen LogP contribution in [0.4, 0.5) is 0 Å². The van der Waals surface area contributed by atoms with E-state index in [-0.39, 0.29) is 42.4 Å². The summed E-state index contributed by atoms with van der Waals surface area (Å²) >= 11 is 0. The lowest BCUT2D eigenvalue weighted by Crippen LogP contribution is -2.55. The molecule has 6 nitrogen and oxygen atoms in total. The number of ether oxygens (including phenoxy) is 2. The summed E-state index contributed by atoms with van der Waals surface area (Å²) in [6.07, 6.45) is -0.341. The Morgan fingerprint density at radius 1 is 1.38 bits per heavy atom. The monoisotopic (exact) mass is 343 g/mol. The molecule has 2 heterocycles. The minimum absolute atomic E-state index is 0. The first-order valence-corrected chi connectivity index (χ1v) is 7.02. The zero-order valence-corrected chi connectivity index (χ0v) is 14.4. The second kappa shape index (κ2) is 9.82. The molecule has 1 amide bonds. The molecule has 126 valence electrons. The van der Waals surface area contributed by atoms with Crippen molar-refractivity contribution >= 4 is 30.7 Å². The normalized spacial score (nSPS) is 25.3. The van der Waals surface area contributed by atoms with Crippen LogP contribution < -0.4 is 10.6 Å². The second-order valence-corrected chi connectivity index (χ2v) is 5.71. The van der Waals surface area contributed by atoms with Crippen molar-refractivity contribution in [1.29, 1.82) is 0 Å². The van der Waals surface area contributed by atoms with Crippen molar-refractivity contribution in [2.24, 2.45) is 0 Å². The Morgan fingerprint density at radius 3 is 2.76 bits per heavy atom. The van der Waals surface area contributed by atoms with Gasteiger partial charge in [-0.25, -0.2) is 0 Å². The van der Waals surface area contributed by atoms with Crippen LogP contribution in [0.1, 0.15) is 13.8 Å². The predicted molar refractivity (Wildman–Crippen MR) is 86.6 cm³/mol. The third kappa shape index (κ3) is 6.26. The molecule has 21 heavy (non-hydrogen) atoms. The number of carbonyl (C=O) groups is 1. The number of halogens is 2. The Morgan fingerprint density at radius 2 is 2.14 bits per heavy atom. The molecule has 0 saturated carbocycles. The molecule has 0 aromatic heterocycles. The van der Waals surface area contributed by atoms with E-state index in [1.807, 2.05) is 0 Å². The van der Waals surface area contributed by atoms with Crippen LogP contribution in [-0.4, -0.2) is 75.0 Å². The molecule has 8 heteroatoms. The van der Waals surface area contributed by atoms with E-state index in [0.717, 1.165) is 32.8 Å². The van der Waals surface area contributed by atoms with Crippen LogP contribution in [0.25, 0.3) is 0 Å². The summed E-state index contributed by atoms with van der Waals surface area (Å²) in [6.45, 7) is 10.3. The van der Waals surface area contributed by atoms with Gasteiger partial charge in [-0.05, 0) is 13.8 Å². The maximum atomic E-state index is 11.9. The van der Waals surface area contributed by atoms with Gasteiger partial charge in [-0.3, -0.25) is 9.69 Å². The predicted octanol–water partition coefficient (Wildman–Crippen LogP) is 0.0454. The SMILES string of the molecule is CC1(C)COCCN1CCNC(=O)C1CNCCO1.Cl.Cl. The maximum Gasteiger partial charge on any atom is 0.250 e. The van der Waals surface area contributed by atoms with E-state index < -0.39 is 0 Å². The van der Waals surface area contributed by atoms with E-state index in [9.17, 15) is 4.79 Å². The number of amides is 1. The zero-order valence-electron chi connectivity index (χ0n) is 12.7. The third-order valence-electron chi connectivity index (χ3n) is 3.72. The lowest BCUT2D eigenvalue weighted by Gasteiger charge is -2.42. The van der Waals surface area contributed by atoms with Crippen LogP contribution in [0.15, 0.2) is 0 Å². The van der Waals surface area contributed by atoms with Crippen molar-refractivity contribution in [1.82, 2.24) is 15.5 Å². The highest BCUT2D eigenvalue weighted by Gasteiger charge is 2.30. The minimum Gasteiger partial charge on any atom is -0.378 e. The van der Waals surface area contributed by atoms with Crippen molar-refractivity contribution in [2.75, 3.05) is 52.5 Å². The summed E-state index contributed by atoms with van der Waals surface area (Å²) in [5.74, 6) is -0.0155. The molecule has 1 atom stereocenters. The van der Waals surface area contributed by atoms with Gasteiger partial charge in [0, 0.05) is 38.3 Å². The molecular formula is C13H27Cl2N3O3. The fourth-order valence-electron chi connectivity index (χ4n) is 2.47. The molecule has 0 aromatic carbocycles. The largest absolute Gasteiger partial charge is 0.378 e. The topological polar surface area (TPSA) is 62.8 Å². The summed E-state index contributed by atoms with van der Waals surface area (Å²) < 4.78 is 10.9. The highest BCUT2D eigenvalue weighted by Crippen LogP contribution is 2.17. The number of carbonyl (C=O) groups excluding carboxylic acids is 1. The first-order chi connectivity index (χ1) is 9.09. The zero-order chi connectivity index (χ0) is 13.7. The van der Waals surface area contributed by atoms with Crippen molar-refractivity contribution in [3.8, 4) is 0 Å². The molecule has 0 radical (unpaired) electrons. The van der Waals surface area contributed by atoms with Crippen LogP contribution in [0.2, 0.25) is 0 Å². The van der Waals surface area contributed by atoms with Crippen molar-refractivity contribution in [2.45, 2.75) is 25.5 Å². The van der Waals surface area contributed by atoms with E-state index in [1.54, 1.807) is 0 Å². The fraction of sp³-hybridized carbons (Fsp3) is 0.923. The second-order valence-electron chi connectivity index (χ2n) is 5.71. The molecule has 0 bridgehead atoms. The summed E-state index contributed by atoms with van der Waals surface area (Å²) in [4.78, 5) is 14.2. The highest BCUT2D eigenvalue weighted by atomic mass is 35.5. The average molecular weight is 344 g/mol. The molecule has 1 unspecified atom stereocenters. The summed E-state index contributed by atoms with van der Waals surface area (Å²) in [6, 6.07) is 0. The van der Waals surface area contributed by atoms with Crippen LogP contribution in [0.5, 0.6) is 0 Å². The van der Waals surface area contributed by atoms with Gasteiger partial charge in [0.25, 0.3) is 5.91 Å². The quantitative estimate of drug-likeness (QED) is 0.754. The van der Waals surface area contributed by atoms with Crippen molar-refractivity contribution in [3.05, 3.63) is 0 Å². The average Bonchev–Trinajstić information content (AvgIpc) is 2.41. The van der Waals surface area contributed by atoms with E-state index in [2.05, 4.69) is 29.4 Å². The molecule has 2 rings (SSSR count). The highest BCUT2D eigenvalue weighted by molar-refractivity contribution is 5.85. The standard InChI is InChI=1S/C13H25N3O3.2ClH/c1-13(2)10-18-8-6-16(13)5-3-15-12(17)11-9-14-4-7-19-11;;/h11,14H,3-10H2,1-2H3,(H,15,17);2*1H. The van der Waals surface area contributed by atoms with E-state index in [4.69, 9.17) is 9.47 Å². The summed E-state index contributed by atoms with van der Waals surface area (Å²) in [7, 11) is 0. The molecule has 0 spiro atoms. The molecule has 0 aromatic rings. The van der Waals surface area contributed by atoms with Crippen molar-refractivity contribution < 1.29 is 14.3 Å².